The molecule has 28 heavy (non-hydrogen) atoms. The van der Waals surface area contributed by atoms with Gasteiger partial charge in [-0.2, -0.15) is 0 Å². The fourth-order valence-corrected chi connectivity index (χ4v) is 4.51. The Hall–Kier alpha value is -2.60. The van der Waals surface area contributed by atoms with Crippen molar-refractivity contribution in [2.45, 2.75) is 37.4 Å². The van der Waals surface area contributed by atoms with E-state index in [2.05, 4.69) is 16.0 Å². The van der Waals surface area contributed by atoms with Crippen LogP contribution in [0.2, 0.25) is 0 Å². The molecule has 0 radical (unpaired) electrons. The van der Waals surface area contributed by atoms with Gasteiger partial charge in [-0.1, -0.05) is 23.9 Å². The van der Waals surface area contributed by atoms with Crippen LogP contribution in [0.1, 0.15) is 47.4 Å². The van der Waals surface area contributed by atoms with Crippen LogP contribution in [0.4, 0.5) is 0 Å². The molecule has 0 saturated carbocycles. The number of thioether (sulfide) groups is 1. The fourth-order valence-electron chi connectivity index (χ4n) is 3.99. The maximum Gasteiger partial charge on any atom is 0.254 e. The summed E-state index contributed by atoms with van der Waals surface area (Å²) >= 11 is 1.59. The quantitative estimate of drug-likeness (QED) is 0.599. The van der Waals surface area contributed by atoms with Crippen LogP contribution in [0.25, 0.3) is 5.69 Å². The van der Waals surface area contributed by atoms with Gasteiger partial charge in [-0.05, 0) is 62.3 Å². The van der Waals surface area contributed by atoms with E-state index in [1.54, 1.807) is 18.0 Å². The molecule has 5 nitrogen and oxygen atoms in total. The Kier molecular flexibility index (Phi) is 5.48. The molecular formula is C22H24N4OS. The number of fused-ring (bicyclic) bond motifs is 1. The number of carbonyl (C=O) groups is 1. The van der Waals surface area contributed by atoms with Gasteiger partial charge in [0.15, 0.2) is 5.16 Å². The molecule has 0 saturated heterocycles. The molecule has 0 fully saturated rings. The van der Waals surface area contributed by atoms with Crippen LogP contribution in [0.3, 0.4) is 0 Å². The molecule has 0 bridgehead atoms. The molecule has 1 atom stereocenters. The summed E-state index contributed by atoms with van der Waals surface area (Å²) < 4.78 is 2.01. The van der Waals surface area contributed by atoms with E-state index < -0.39 is 0 Å². The summed E-state index contributed by atoms with van der Waals surface area (Å²) in [6.45, 7) is 2.70. The van der Waals surface area contributed by atoms with E-state index in [1.165, 1.54) is 5.56 Å². The number of pyridine rings is 1. The topological polar surface area (TPSA) is 51.0 Å². The van der Waals surface area contributed by atoms with Crippen molar-refractivity contribution >= 4 is 17.7 Å². The minimum absolute atomic E-state index is 0.0427. The average molecular weight is 393 g/mol. The molecule has 1 aliphatic rings. The highest BCUT2D eigenvalue weighted by Gasteiger charge is 2.30. The van der Waals surface area contributed by atoms with Crippen molar-refractivity contribution in [2.75, 3.05) is 12.8 Å². The van der Waals surface area contributed by atoms with Crippen molar-refractivity contribution in [3.63, 3.8) is 0 Å². The minimum atomic E-state index is 0.0427. The van der Waals surface area contributed by atoms with Gasteiger partial charge in [-0.25, -0.2) is 4.98 Å². The summed E-state index contributed by atoms with van der Waals surface area (Å²) in [5, 5.41) is 0.905. The maximum absolute atomic E-state index is 13.4. The Morgan fingerprint density at radius 3 is 2.96 bits per heavy atom. The molecule has 6 heteroatoms. The number of aryl methyl sites for hydroxylation is 1. The lowest BCUT2D eigenvalue weighted by Gasteiger charge is -2.34. The highest BCUT2D eigenvalue weighted by molar-refractivity contribution is 7.98. The predicted molar refractivity (Wildman–Crippen MR) is 112 cm³/mol. The molecule has 0 spiro atoms. The van der Waals surface area contributed by atoms with Gasteiger partial charge >= 0.3 is 0 Å². The first-order valence-electron chi connectivity index (χ1n) is 9.65. The zero-order chi connectivity index (χ0) is 19.5. The maximum atomic E-state index is 13.4. The zero-order valence-electron chi connectivity index (χ0n) is 16.2. The van der Waals surface area contributed by atoms with Gasteiger partial charge in [-0.15, -0.1) is 0 Å². The van der Waals surface area contributed by atoms with Gasteiger partial charge in [0, 0.05) is 36.4 Å². The van der Waals surface area contributed by atoms with Crippen molar-refractivity contribution in [1.29, 1.82) is 0 Å². The van der Waals surface area contributed by atoms with E-state index in [-0.39, 0.29) is 11.9 Å². The normalized spacial score (nSPS) is 15.9. The Morgan fingerprint density at radius 2 is 2.14 bits per heavy atom. The van der Waals surface area contributed by atoms with E-state index in [0.29, 0.717) is 12.1 Å². The van der Waals surface area contributed by atoms with E-state index in [4.69, 9.17) is 0 Å². The number of imidazole rings is 1. The number of hydrogen-bond acceptors (Lipinski definition) is 4. The van der Waals surface area contributed by atoms with Crippen LogP contribution >= 0.6 is 11.8 Å². The summed E-state index contributed by atoms with van der Waals surface area (Å²) in [6, 6.07) is 12.0. The predicted octanol–water partition coefficient (Wildman–Crippen LogP) is 4.53. The lowest BCUT2D eigenvalue weighted by molar-refractivity contribution is 0.0665. The molecule has 2 heterocycles. The Bertz CT molecular complexity index is 984. The largest absolute Gasteiger partial charge is 0.330 e. The van der Waals surface area contributed by atoms with E-state index in [9.17, 15) is 4.79 Å². The number of hydrogen-bond donors (Lipinski definition) is 0. The Morgan fingerprint density at radius 1 is 1.25 bits per heavy atom. The molecule has 2 aromatic heterocycles. The first-order chi connectivity index (χ1) is 13.7. The average Bonchev–Trinajstić information content (AvgIpc) is 3.23. The van der Waals surface area contributed by atoms with Gasteiger partial charge in [0.25, 0.3) is 5.91 Å². The second kappa shape index (κ2) is 8.19. The van der Waals surface area contributed by atoms with Crippen molar-refractivity contribution in [2.24, 2.45) is 0 Å². The smallest absolute Gasteiger partial charge is 0.254 e. The fraction of sp³-hybridized carbons (Fsp3) is 0.318. The van der Waals surface area contributed by atoms with E-state index in [1.807, 2.05) is 65.4 Å². The number of aromatic nitrogens is 3. The molecule has 1 aromatic carbocycles. The van der Waals surface area contributed by atoms with Crippen LogP contribution in [0.5, 0.6) is 0 Å². The molecule has 3 aromatic rings. The van der Waals surface area contributed by atoms with Crippen molar-refractivity contribution in [3.05, 3.63) is 71.8 Å². The number of carbonyl (C=O) groups excluding carboxylic acids is 1. The number of rotatable bonds is 5. The van der Waals surface area contributed by atoms with Crippen LogP contribution in [0, 0.1) is 0 Å². The Labute approximate surface area is 169 Å². The summed E-state index contributed by atoms with van der Waals surface area (Å²) in [6.07, 6.45) is 10.6. The molecule has 0 N–H and O–H groups in total. The summed E-state index contributed by atoms with van der Waals surface area (Å²) in [7, 11) is 0. The first kappa shape index (κ1) is 18.7. The first-order valence-corrected chi connectivity index (χ1v) is 10.9. The second-order valence-electron chi connectivity index (χ2n) is 6.88. The van der Waals surface area contributed by atoms with E-state index >= 15 is 0 Å². The lowest BCUT2D eigenvalue weighted by Crippen LogP contribution is -2.37. The van der Waals surface area contributed by atoms with Gasteiger partial charge in [0.05, 0.1) is 11.7 Å². The molecule has 0 unspecified atom stereocenters. The molecule has 1 amide bonds. The summed E-state index contributed by atoms with van der Waals surface area (Å²) in [4.78, 5) is 24.4. The highest BCUT2D eigenvalue weighted by atomic mass is 32.2. The third-order valence-corrected chi connectivity index (χ3v) is 5.97. The Balaban J connectivity index is 1.66. The van der Waals surface area contributed by atoms with Gasteiger partial charge in [0.2, 0.25) is 0 Å². The van der Waals surface area contributed by atoms with Gasteiger partial charge in [-0.3, -0.25) is 14.3 Å². The highest BCUT2D eigenvalue weighted by Crippen LogP contribution is 2.33. The van der Waals surface area contributed by atoms with Gasteiger partial charge in [0.1, 0.15) is 0 Å². The van der Waals surface area contributed by atoms with Crippen LogP contribution < -0.4 is 0 Å². The third-order valence-electron chi connectivity index (χ3n) is 5.30. The summed E-state index contributed by atoms with van der Waals surface area (Å²) in [5.74, 6) is 0.0543. The van der Waals surface area contributed by atoms with Crippen LogP contribution in [0.15, 0.2) is 60.1 Å². The molecule has 144 valence electrons. The number of nitrogens with zero attached hydrogens (tertiary/aromatic N) is 4. The van der Waals surface area contributed by atoms with Crippen molar-refractivity contribution < 1.29 is 4.79 Å². The van der Waals surface area contributed by atoms with Crippen molar-refractivity contribution in [3.8, 4) is 5.69 Å². The number of amides is 1. The monoisotopic (exact) mass is 392 g/mol. The van der Waals surface area contributed by atoms with Crippen molar-refractivity contribution in [1.82, 2.24) is 19.4 Å². The molecule has 0 aliphatic heterocycles. The summed E-state index contributed by atoms with van der Waals surface area (Å²) in [5.41, 5.74) is 3.97. The molecule has 1 aliphatic carbocycles. The van der Waals surface area contributed by atoms with E-state index in [0.717, 1.165) is 35.8 Å². The zero-order valence-corrected chi connectivity index (χ0v) is 17.0. The molecular weight excluding hydrogens is 368 g/mol. The standard InChI is InChI=1S/C22H24N4OS/c1-3-25(19-11-5-7-16-9-6-12-23-20(16)19)21(27)17-8-4-10-18(15-17)26-14-13-24-22(26)28-2/h4,6,8-10,12-15,19H,3,5,7,11H2,1-2H3/t19-/m1/s1. The molecule has 4 rings (SSSR count). The third kappa shape index (κ3) is 3.44. The van der Waals surface area contributed by atoms with Crippen LogP contribution in [-0.4, -0.2) is 38.1 Å². The second-order valence-corrected chi connectivity index (χ2v) is 7.65. The SMILES string of the molecule is CCN(C(=O)c1cccc(-n2ccnc2SC)c1)[C@@H]1CCCc2cccnc21. The minimum Gasteiger partial charge on any atom is -0.330 e. The lowest BCUT2D eigenvalue weighted by atomic mass is 9.90. The van der Waals surface area contributed by atoms with Gasteiger partial charge < -0.3 is 4.90 Å². The van der Waals surface area contributed by atoms with Crippen LogP contribution in [-0.2, 0) is 6.42 Å². The number of benzene rings is 1.